The van der Waals surface area contributed by atoms with Gasteiger partial charge in [-0.25, -0.2) is 4.52 Å². The number of rotatable bonds is 8. The minimum absolute atomic E-state index is 0.532. The summed E-state index contributed by atoms with van der Waals surface area (Å²) in [5.74, 6) is 0. The number of aromatic nitrogens is 2. The molecule has 0 saturated carbocycles. The number of benzene rings is 12. The van der Waals surface area contributed by atoms with Crippen LogP contribution in [0.5, 0.6) is 0 Å². The van der Waals surface area contributed by atoms with Crippen LogP contribution in [0, 0.1) is 0 Å². The van der Waals surface area contributed by atoms with E-state index in [4.69, 9.17) is 5.10 Å². The largest absolute Gasteiger partial charge is 0.310 e. The molecule has 17 rings (SSSR count). The van der Waals surface area contributed by atoms with Crippen molar-refractivity contribution in [1.29, 1.82) is 0 Å². The zero-order valence-corrected chi connectivity index (χ0v) is 44.8. The molecule has 14 aromatic rings. The molecule has 3 aliphatic rings. The molecule has 0 unspecified atom stereocenters. The number of pyridine rings is 1. The predicted molar refractivity (Wildman–Crippen MR) is 337 cm³/mol. The highest BCUT2D eigenvalue weighted by atomic mass is 15.2. The normalized spacial score (nSPS) is 13.6. The summed E-state index contributed by atoms with van der Waals surface area (Å²) in [7, 11) is 0. The number of hydrogen-bond acceptors (Lipinski definition) is 2. The summed E-state index contributed by atoms with van der Waals surface area (Å²) in [6.45, 7) is 0. The first-order chi connectivity index (χ1) is 40.7. The number of anilines is 3. The van der Waals surface area contributed by atoms with Gasteiger partial charge in [0.2, 0.25) is 0 Å². The van der Waals surface area contributed by atoms with Crippen LogP contribution in [0.15, 0.2) is 309 Å². The molecule has 1 spiro atoms. The van der Waals surface area contributed by atoms with Gasteiger partial charge in [0, 0.05) is 39.0 Å². The van der Waals surface area contributed by atoms with Gasteiger partial charge in [0.25, 0.3) is 0 Å². The molecule has 0 aliphatic heterocycles. The first kappa shape index (κ1) is 46.3. The first-order valence-corrected chi connectivity index (χ1v) is 28.5. The molecule has 82 heavy (non-hydrogen) atoms. The topological polar surface area (TPSA) is 20.5 Å². The Morgan fingerprint density at radius 1 is 0.305 bits per heavy atom. The van der Waals surface area contributed by atoms with Gasteiger partial charge >= 0.3 is 0 Å². The number of fused-ring (bicyclic) bond motifs is 16. The Morgan fingerprint density at radius 2 is 0.756 bits per heavy atom. The molecule has 0 atom stereocenters. The Morgan fingerprint density at radius 3 is 1.35 bits per heavy atom. The molecule has 0 saturated heterocycles. The molecular weight excluding hydrogens is 991 g/mol. The number of hydrogen-bond donors (Lipinski definition) is 0. The van der Waals surface area contributed by atoms with Gasteiger partial charge in [0.05, 0.1) is 27.7 Å². The van der Waals surface area contributed by atoms with Gasteiger partial charge in [-0.2, -0.15) is 5.10 Å². The highest BCUT2D eigenvalue weighted by molar-refractivity contribution is 6.11. The van der Waals surface area contributed by atoms with E-state index in [1.54, 1.807) is 0 Å². The zero-order chi connectivity index (χ0) is 53.9. The van der Waals surface area contributed by atoms with Crippen LogP contribution in [-0.2, 0) is 10.8 Å². The van der Waals surface area contributed by atoms with Crippen molar-refractivity contribution in [3.8, 4) is 67.0 Å². The Labute approximate surface area is 477 Å². The van der Waals surface area contributed by atoms with Gasteiger partial charge in [0.1, 0.15) is 5.69 Å². The molecule has 0 fully saturated rings. The summed E-state index contributed by atoms with van der Waals surface area (Å²) >= 11 is 0. The average molecular weight is 1040 g/mol. The second kappa shape index (κ2) is 18.0. The van der Waals surface area contributed by atoms with Crippen LogP contribution in [0.25, 0.3) is 83.3 Å². The zero-order valence-electron chi connectivity index (χ0n) is 44.8. The van der Waals surface area contributed by atoms with Crippen molar-refractivity contribution >= 4 is 33.4 Å². The molecule has 12 aromatic carbocycles. The van der Waals surface area contributed by atoms with Crippen molar-refractivity contribution in [3.05, 3.63) is 354 Å². The molecule has 2 heterocycles. The molecule has 2 aromatic heterocycles. The summed E-state index contributed by atoms with van der Waals surface area (Å²) in [6, 6.07) is 115. The van der Waals surface area contributed by atoms with Crippen LogP contribution in [0.4, 0.5) is 17.1 Å². The second-order valence-electron chi connectivity index (χ2n) is 22.1. The maximum atomic E-state index is 5.66. The van der Waals surface area contributed by atoms with Crippen molar-refractivity contribution in [1.82, 2.24) is 9.61 Å². The third-order valence-corrected chi connectivity index (χ3v) is 18.1. The summed E-state index contributed by atoms with van der Waals surface area (Å²) in [6.07, 6.45) is 0. The van der Waals surface area contributed by atoms with E-state index >= 15 is 0 Å². The molecule has 0 amide bonds. The van der Waals surface area contributed by atoms with E-state index in [1.807, 2.05) is 0 Å². The monoisotopic (exact) mass is 1040 g/mol. The highest BCUT2D eigenvalue weighted by Gasteiger charge is 2.53. The fraction of sp³-hybridized carbons (Fsp3) is 0.0253. The summed E-state index contributed by atoms with van der Waals surface area (Å²) in [5.41, 5.74) is 27.3. The summed E-state index contributed by atoms with van der Waals surface area (Å²) in [4.78, 5) is 2.57. The maximum Gasteiger partial charge on any atom is 0.101 e. The lowest BCUT2D eigenvalue weighted by Crippen LogP contribution is -2.28. The van der Waals surface area contributed by atoms with Crippen LogP contribution in [-0.4, -0.2) is 9.61 Å². The van der Waals surface area contributed by atoms with Crippen LogP contribution in [0.2, 0.25) is 0 Å². The van der Waals surface area contributed by atoms with Crippen LogP contribution in [0.3, 0.4) is 0 Å². The van der Waals surface area contributed by atoms with E-state index in [0.29, 0.717) is 0 Å². The van der Waals surface area contributed by atoms with Crippen molar-refractivity contribution in [3.63, 3.8) is 0 Å². The Hall–Kier alpha value is -10.6. The molecular formula is C79H51N3. The molecule has 3 aliphatic carbocycles. The molecule has 3 heteroatoms. The van der Waals surface area contributed by atoms with E-state index in [-0.39, 0.29) is 0 Å². The third kappa shape index (κ3) is 6.39. The second-order valence-corrected chi connectivity index (χ2v) is 22.1. The van der Waals surface area contributed by atoms with Crippen LogP contribution in [0.1, 0.15) is 44.5 Å². The van der Waals surface area contributed by atoms with Crippen LogP contribution < -0.4 is 4.90 Å². The smallest absolute Gasteiger partial charge is 0.101 e. The van der Waals surface area contributed by atoms with Gasteiger partial charge in [-0.3, -0.25) is 0 Å². The Bertz CT molecular complexity index is 4770. The highest BCUT2D eigenvalue weighted by Crippen LogP contribution is 2.65. The summed E-state index contributed by atoms with van der Waals surface area (Å²) < 4.78 is 2.21. The molecule has 0 radical (unpaired) electrons. The van der Waals surface area contributed by atoms with Gasteiger partial charge in [0.15, 0.2) is 0 Å². The fourth-order valence-corrected chi connectivity index (χ4v) is 14.9. The Balaban J connectivity index is 0.999. The minimum atomic E-state index is -0.609. The molecule has 382 valence electrons. The van der Waals surface area contributed by atoms with Gasteiger partial charge in [-0.15, -0.1) is 0 Å². The molecule has 3 nitrogen and oxygen atoms in total. The fourth-order valence-electron chi connectivity index (χ4n) is 14.9. The quantitative estimate of drug-likeness (QED) is 0.151. The van der Waals surface area contributed by atoms with E-state index < -0.39 is 10.8 Å². The lowest BCUT2D eigenvalue weighted by atomic mass is 9.67. The molecule has 0 N–H and O–H groups in total. The van der Waals surface area contributed by atoms with Gasteiger partial charge < -0.3 is 4.90 Å². The van der Waals surface area contributed by atoms with E-state index in [1.165, 1.54) is 77.9 Å². The maximum absolute atomic E-state index is 5.66. The SMILES string of the molecule is c1ccc(-c2nn3c(-c4ccccc4)cc4ccc(N(c5ccc6c(c5)C(c5ccccc5)(c5ccccc5)c5ccccc5-6)c5cccc6c5-c5ccccc5C65c6ccccc6-c6ccccc65)cc4c3c2-c2ccccc2)cc1. The van der Waals surface area contributed by atoms with Gasteiger partial charge in [-0.05, 0) is 120 Å². The lowest BCUT2D eigenvalue weighted by molar-refractivity contribution is 0.768. The lowest BCUT2D eigenvalue weighted by Gasteiger charge is -2.35. The van der Waals surface area contributed by atoms with Crippen molar-refractivity contribution < 1.29 is 0 Å². The summed E-state index contributed by atoms with van der Waals surface area (Å²) in [5, 5.41) is 7.90. The first-order valence-electron chi connectivity index (χ1n) is 28.5. The van der Waals surface area contributed by atoms with E-state index in [9.17, 15) is 0 Å². The van der Waals surface area contributed by atoms with Crippen LogP contribution >= 0.6 is 0 Å². The van der Waals surface area contributed by atoms with Gasteiger partial charge in [-0.1, -0.05) is 273 Å². The third-order valence-electron chi connectivity index (χ3n) is 18.1. The minimum Gasteiger partial charge on any atom is -0.310 e. The van der Waals surface area contributed by atoms with E-state index in [2.05, 4.69) is 319 Å². The Kier molecular flexibility index (Phi) is 10.1. The van der Waals surface area contributed by atoms with Crippen molar-refractivity contribution in [2.24, 2.45) is 0 Å². The predicted octanol–water partition coefficient (Wildman–Crippen LogP) is 19.7. The molecule has 0 bridgehead atoms. The number of nitrogens with zero attached hydrogens (tertiary/aromatic N) is 3. The average Bonchev–Trinajstić information content (AvgIpc) is 1.71. The van der Waals surface area contributed by atoms with E-state index in [0.717, 1.165) is 67.0 Å². The van der Waals surface area contributed by atoms with Crippen molar-refractivity contribution in [2.45, 2.75) is 10.8 Å². The standard InChI is InChI=1S/C79H51N3/c1-6-25-52(26-7-1)73-49-55-45-46-58(50-65(55)77-74(53-27-8-2-9-28-53)76(80-82(73)77)54-29-10-3-11-30-54)81(59-47-48-63-62-37-16-20-39-66(62)78(71(63)51-59,56-31-12-4-13-32-56)57-33-14-5-15-34-57)72-44-24-43-70-75(72)64-38-19-23-42-69(64)79(70)67-40-21-17-35-60(67)61-36-18-22-41-68(61)79/h1-51H. The van der Waals surface area contributed by atoms with Crippen molar-refractivity contribution in [2.75, 3.05) is 4.90 Å².